The van der Waals surface area contributed by atoms with E-state index in [-0.39, 0.29) is 5.91 Å². The van der Waals surface area contributed by atoms with Gasteiger partial charge in [0.05, 0.1) is 23.4 Å². The number of halogens is 1. The maximum absolute atomic E-state index is 12.9. The summed E-state index contributed by atoms with van der Waals surface area (Å²) in [4.78, 5) is 19.4. The molecule has 0 radical (unpaired) electrons. The van der Waals surface area contributed by atoms with Gasteiger partial charge in [0.15, 0.2) is 4.32 Å². The highest BCUT2D eigenvalue weighted by Crippen LogP contribution is 2.37. The number of anilines is 2. The maximum atomic E-state index is 12.9. The average molecular weight is 458 g/mol. The molecule has 0 bridgehead atoms. The largest absolute Gasteiger partial charge is 0.733 e. The van der Waals surface area contributed by atoms with Crippen LogP contribution in [-0.2, 0) is 9.63 Å². The molecule has 0 aliphatic carbocycles. The first kappa shape index (κ1) is 20.6. The summed E-state index contributed by atoms with van der Waals surface area (Å²) in [5, 5.41) is 12.6. The SMILES string of the molecule is CON([O-])c1cccc(-c2ccc(/C=C3/SC(=S)N(c4cccc(Cl)c4)C3=O)o2)c1. The predicted octanol–water partition coefficient (Wildman–Crippen LogP) is 5.87. The van der Waals surface area contributed by atoms with Gasteiger partial charge < -0.3 is 14.9 Å². The van der Waals surface area contributed by atoms with Crippen molar-refractivity contribution in [1.82, 2.24) is 0 Å². The number of hydrogen-bond acceptors (Lipinski definition) is 7. The third-order valence-corrected chi connectivity index (χ3v) is 5.80. The Morgan fingerprint density at radius 3 is 2.77 bits per heavy atom. The van der Waals surface area contributed by atoms with Gasteiger partial charge in [-0.3, -0.25) is 14.5 Å². The third-order valence-electron chi connectivity index (χ3n) is 4.27. The van der Waals surface area contributed by atoms with Crippen LogP contribution in [0, 0.1) is 5.21 Å². The van der Waals surface area contributed by atoms with Crippen molar-refractivity contribution in [3.05, 3.63) is 81.6 Å². The first-order chi connectivity index (χ1) is 14.5. The lowest BCUT2D eigenvalue weighted by Crippen LogP contribution is -2.27. The second-order valence-corrected chi connectivity index (χ2v) is 8.30. The molecule has 6 nitrogen and oxygen atoms in total. The Balaban J connectivity index is 1.59. The molecule has 1 fully saturated rings. The summed E-state index contributed by atoms with van der Waals surface area (Å²) in [6.45, 7) is 0. The van der Waals surface area contributed by atoms with Crippen molar-refractivity contribution < 1.29 is 14.0 Å². The van der Waals surface area contributed by atoms with Crippen LogP contribution in [0.15, 0.2) is 70.0 Å². The van der Waals surface area contributed by atoms with Crippen LogP contribution in [-0.4, -0.2) is 17.3 Å². The zero-order valence-corrected chi connectivity index (χ0v) is 18.0. The third kappa shape index (κ3) is 4.14. The normalized spacial score (nSPS) is 15.3. The second kappa shape index (κ2) is 8.63. The molecule has 152 valence electrons. The first-order valence-electron chi connectivity index (χ1n) is 8.71. The van der Waals surface area contributed by atoms with Gasteiger partial charge in [-0.15, -0.1) is 0 Å². The summed E-state index contributed by atoms with van der Waals surface area (Å²) in [5.74, 6) is 0.806. The molecule has 0 N–H and O–H groups in total. The predicted molar refractivity (Wildman–Crippen MR) is 124 cm³/mol. The molecular formula is C21H14ClN2O4S2-. The highest BCUT2D eigenvalue weighted by atomic mass is 35.5. The van der Waals surface area contributed by atoms with Crippen molar-refractivity contribution >= 4 is 63.3 Å². The summed E-state index contributed by atoms with van der Waals surface area (Å²) in [7, 11) is 1.30. The fourth-order valence-electron chi connectivity index (χ4n) is 2.90. The molecular weight excluding hydrogens is 444 g/mol. The molecule has 0 atom stereocenters. The van der Waals surface area contributed by atoms with Crippen LogP contribution in [0.1, 0.15) is 5.76 Å². The van der Waals surface area contributed by atoms with Crippen molar-refractivity contribution in [3.8, 4) is 11.3 Å². The van der Waals surface area contributed by atoms with Crippen molar-refractivity contribution in [2.75, 3.05) is 17.2 Å². The van der Waals surface area contributed by atoms with Crippen molar-refractivity contribution in [2.24, 2.45) is 0 Å². The van der Waals surface area contributed by atoms with E-state index >= 15 is 0 Å². The van der Waals surface area contributed by atoms with Crippen LogP contribution >= 0.6 is 35.6 Å². The Morgan fingerprint density at radius 2 is 2.00 bits per heavy atom. The van der Waals surface area contributed by atoms with Gasteiger partial charge in [-0.1, -0.05) is 53.8 Å². The molecule has 0 spiro atoms. The van der Waals surface area contributed by atoms with Crippen molar-refractivity contribution in [3.63, 3.8) is 0 Å². The molecule has 1 aliphatic heterocycles. The Kier molecular flexibility index (Phi) is 5.94. The van der Waals surface area contributed by atoms with E-state index in [1.54, 1.807) is 60.7 Å². The van der Waals surface area contributed by atoms with Crippen LogP contribution < -0.4 is 10.1 Å². The van der Waals surface area contributed by atoms with E-state index < -0.39 is 0 Å². The highest BCUT2D eigenvalue weighted by molar-refractivity contribution is 8.27. The number of rotatable bonds is 5. The summed E-state index contributed by atoms with van der Waals surface area (Å²) in [6.07, 6.45) is 1.65. The fourth-order valence-corrected chi connectivity index (χ4v) is 4.36. The number of amides is 1. The Labute approximate surface area is 187 Å². The maximum Gasteiger partial charge on any atom is 0.270 e. The summed E-state index contributed by atoms with van der Waals surface area (Å²) in [6, 6.07) is 17.3. The molecule has 9 heteroatoms. The van der Waals surface area contributed by atoms with E-state index in [1.165, 1.54) is 23.8 Å². The van der Waals surface area contributed by atoms with E-state index in [2.05, 4.69) is 4.84 Å². The number of carbonyl (C=O) groups is 1. The van der Waals surface area contributed by atoms with E-state index in [9.17, 15) is 10.0 Å². The van der Waals surface area contributed by atoms with Crippen molar-refractivity contribution in [1.29, 1.82) is 0 Å². The molecule has 30 heavy (non-hydrogen) atoms. The van der Waals surface area contributed by atoms with Gasteiger partial charge in [0.1, 0.15) is 11.5 Å². The zero-order valence-electron chi connectivity index (χ0n) is 15.6. The molecule has 1 aromatic heterocycles. The van der Waals surface area contributed by atoms with Crippen LogP contribution in [0.25, 0.3) is 17.4 Å². The van der Waals surface area contributed by atoms with Gasteiger partial charge in [-0.2, -0.15) is 0 Å². The number of thioether (sulfide) groups is 1. The minimum absolute atomic E-state index is 0.241. The first-order valence-corrected chi connectivity index (χ1v) is 10.3. The number of furan rings is 1. The second-order valence-electron chi connectivity index (χ2n) is 6.19. The quantitative estimate of drug-likeness (QED) is 0.269. The number of benzene rings is 2. The zero-order chi connectivity index (χ0) is 21.3. The average Bonchev–Trinajstić information content (AvgIpc) is 3.32. The van der Waals surface area contributed by atoms with E-state index in [0.29, 0.717) is 47.9 Å². The van der Waals surface area contributed by atoms with Crippen LogP contribution in [0.2, 0.25) is 5.02 Å². The van der Waals surface area contributed by atoms with Gasteiger partial charge in [-0.25, -0.2) is 0 Å². The standard InChI is InChI=1S/C21H14ClN2O4S2/c1-27-24(26)16-7-2-4-13(10-16)18-9-8-17(28-18)12-19-20(25)23(21(29)30-19)15-6-3-5-14(22)11-15/h2-12H,1H3/q-1/b19-12+. The van der Waals surface area contributed by atoms with Gasteiger partial charge >= 0.3 is 0 Å². The topological polar surface area (TPSA) is 69.0 Å². The molecule has 3 aromatic rings. The Hall–Kier alpha value is -2.62. The highest BCUT2D eigenvalue weighted by Gasteiger charge is 2.33. The molecule has 2 heterocycles. The lowest BCUT2D eigenvalue weighted by Gasteiger charge is -2.26. The summed E-state index contributed by atoms with van der Waals surface area (Å²) < 4.78 is 6.28. The van der Waals surface area contributed by atoms with E-state index in [0.717, 1.165) is 0 Å². The number of carbonyl (C=O) groups excluding carboxylic acids is 1. The lowest BCUT2D eigenvalue weighted by atomic mass is 10.1. The summed E-state index contributed by atoms with van der Waals surface area (Å²) in [5.41, 5.74) is 1.66. The van der Waals surface area contributed by atoms with Crippen LogP contribution in [0.5, 0.6) is 0 Å². The van der Waals surface area contributed by atoms with Crippen LogP contribution in [0.3, 0.4) is 0 Å². The van der Waals surface area contributed by atoms with Crippen molar-refractivity contribution in [2.45, 2.75) is 0 Å². The van der Waals surface area contributed by atoms with E-state index in [4.69, 9.17) is 28.2 Å². The molecule has 1 aliphatic rings. The lowest BCUT2D eigenvalue weighted by molar-refractivity contribution is -0.113. The minimum Gasteiger partial charge on any atom is -0.733 e. The molecule has 4 rings (SSSR count). The number of nitrogens with zero attached hydrogens (tertiary/aromatic N) is 2. The van der Waals surface area contributed by atoms with Gasteiger partial charge in [0.25, 0.3) is 5.91 Å². The monoisotopic (exact) mass is 457 g/mol. The molecule has 0 unspecified atom stereocenters. The van der Waals surface area contributed by atoms with E-state index in [1.807, 2.05) is 6.07 Å². The Morgan fingerprint density at radius 1 is 1.20 bits per heavy atom. The van der Waals surface area contributed by atoms with Gasteiger partial charge in [0, 0.05) is 16.7 Å². The molecule has 1 saturated heterocycles. The minimum atomic E-state index is -0.241. The molecule has 0 saturated carbocycles. The number of hydrogen-bond donors (Lipinski definition) is 0. The molecule has 2 aromatic carbocycles. The van der Waals surface area contributed by atoms with Crippen LogP contribution in [0.4, 0.5) is 11.4 Å². The summed E-state index contributed by atoms with van der Waals surface area (Å²) >= 11 is 12.6. The van der Waals surface area contributed by atoms with Gasteiger partial charge in [0.2, 0.25) is 0 Å². The van der Waals surface area contributed by atoms with Gasteiger partial charge in [-0.05, 0) is 42.5 Å². The smallest absolute Gasteiger partial charge is 0.270 e. The number of thiocarbonyl (C=S) groups is 1. The fraction of sp³-hybridized carbons (Fsp3) is 0.0476. The molecule has 1 amide bonds. The Bertz CT molecular complexity index is 1160.